The molecule has 1 aliphatic rings. The van der Waals surface area contributed by atoms with Gasteiger partial charge < -0.3 is 10.8 Å². The number of fused-ring (bicyclic) bond motifs is 1. The molecule has 1 fully saturated rings. The molecule has 0 bridgehead atoms. The lowest BCUT2D eigenvalue weighted by Gasteiger charge is -2.26. The number of hydrogen-bond acceptors (Lipinski definition) is 4. The Morgan fingerprint density at radius 3 is 2.75 bits per heavy atom. The van der Waals surface area contributed by atoms with Crippen LogP contribution in [0.3, 0.4) is 0 Å². The number of aliphatic hydroxyl groups excluding tert-OH is 1. The molecule has 3 aromatic rings. The number of nitrogens with zero attached hydrogens (tertiary/aromatic N) is 3. The molecule has 1 saturated carbocycles. The van der Waals surface area contributed by atoms with E-state index in [0.29, 0.717) is 17.7 Å². The third-order valence-corrected chi connectivity index (χ3v) is 5.98. The smallest absolute Gasteiger partial charge is 0.150 e. The Morgan fingerprint density at radius 2 is 2.04 bits per heavy atom. The summed E-state index contributed by atoms with van der Waals surface area (Å²) < 4.78 is 2.12. The molecule has 5 heteroatoms. The average molecular weight is 377 g/mol. The topological polar surface area (TPSA) is 76.4 Å². The number of allylic oxidation sites excluding steroid dienone is 1. The van der Waals surface area contributed by atoms with Gasteiger partial charge in [0.25, 0.3) is 0 Å². The number of imidazole rings is 1. The van der Waals surface area contributed by atoms with Gasteiger partial charge in [0.05, 0.1) is 0 Å². The first-order chi connectivity index (χ1) is 13.6. The van der Waals surface area contributed by atoms with E-state index in [4.69, 9.17) is 10.7 Å². The van der Waals surface area contributed by atoms with Crippen molar-refractivity contribution in [2.75, 3.05) is 12.3 Å². The molecule has 0 radical (unpaired) electrons. The maximum Gasteiger partial charge on any atom is 0.150 e. The van der Waals surface area contributed by atoms with Crippen molar-refractivity contribution in [3.05, 3.63) is 53.6 Å². The summed E-state index contributed by atoms with van der Waals surface area (Å²) in [6.07, 6.45) is 12.1. The predicted molar refractivity (Wildman–Crippen MR) is 114 cm³/mol. The van der Waals surface area contributed by atoms with Gasteiger partial charge >= 0.3 is 0 Å². The van der Waals surface area contributed by atoms with Crippen molar-refractivity contribution < 1.29 is 5.11 Å². The van der Waals surface area contributed by atoms with Gasteiger partial charge in [0.1, 0.15) is 22.9 Å². The number of hydrogen-bond donors (Lipinski definition) is 2. The number of aromatic nitrogens is 3. The minimum absolute atomic E-state index is 0.286. The number of nitrogen functional groups attached to an aromatic ring is 1. The minimum Gasteiger partial charge on any atom is -0.396 e. The Morgan fingerprint density at radius 1 is 1.25 bits per heavy atom. The van der Waals surface area contributed by atoms with Crippen LogP contribution in [0.4, 0.5) is 5.82 Å². The van der Waals surface area contributed by atoms with E-state index < -0.39 is 0 Å². The molecule has 3 N–H and O–H groups in total. The van der Waals surface area contributed by atoms with E-state index in [2.05, 4.69) is 46.7 Å². The van der Waals surface area contributed by atoms with Crippen LogP contribution in [0.25, 0.3) is 22.9 Å². The van der Waals surface area contributed by atoms with Crippen molar-refractivity contribution in [3.8, 4) is 11.3 Å². The van der Waals surface area contributed by atoms with E-state index in [1.54, 1.807) is 6.20 Å². The normalized spacial score (nSPS) is 20.2. The van der Waals surface area contributed by atoms with E-state index in [-0.39, 0.29) is 6.61 Å². The Balaban J connectivity index is 1.83. The van der Waals surface area contributed by atoms with Crippen molar-refractivity contribution in [2.45, 2.75) is 45.4 Å². The molecule has 28 heavy (non-hydrogen) atoms. The number of nitrogens with two attached hydrogens (primary N) is 1. The van der Waals surface area contributed by atoms with E-state index in [1.165, 1.54) is 11.1 Å². The highest BCUT2D eigenvalue weighted by Crippen LogP contribution is 2.38. The van der Waals surface area contributed by atoms with Gasteiger partial charge in [-0.15, -0.1) is 0 Å². The van der Waals surface area contributed by atoms with Crippen LogP contribution in [-0.4, -0.2) is 26.1 Å². The second-order valence-corrected chi connectivity index (χ2v) is 7.82. The van der Waals surface area contributed by atoms with Crippen LogP contribution in [0.15, 0.2) is 36.7 Å². The molecule has 0 spiro atoms. The third kappa shape index (κ3) is 3.31. The van der Waals surface area contributed by atoms with Crippen LogP contribution in [0.2, 0.25) is 0 Å². The van der Waals surface area contributed by atoms with E-state index in [1.807, 2.05) is 13.1 Å². The van der Waals surface area contributed by atoms with Crippen molar-refractivity contribution in [1.29, 1.82) is 0 Å². The molecule has 0 saturated heterocycles. The molecule has 1 aromatic carbocycles. The van der Waals surface area contributed by atoms with Crippen molar-refractivity contribution in [1.82, 2.24) is 14.4 Å². The number of benzene rings is 1. The fourth-order valence-electron chi connectivity index (χ4n) is 4.33. The summed E-state index contributed by atoms with van der Waals surface area (Å²) in [6.45, 7) is 4.43. The van der Waals surface area contributed by atoms with E-state index >= 15 is 0 Å². The molecule has 4 rings (SSSR count). The Hall–Kier alpha value is -2.66. The van der Waals surface area contributed by atoms with Gasteiger partial charge in [-0.2, -0.15) is 0 Å². The molecular weight excluding hydrogens is 348 g/mol. The Kier molecular flexibility index (Phi) is 5.18. The Bertz CT molecular complexity index is 1010. The Labute approximate surface area is 165 Å². The second-order valence-electron chi connectivity index (χ2n) is 7.82. The zero-order valence-electron chi connectivity index (χ0n) is 16.6. The van der Waals surface area contributed by atoms with Gasteiger partial charge in [0, 0.05) is 30.5 Å². The van der Waals surface area contributed by atoms with Crippen LogP contribution < -0.4 is 5.73 Å². The third-order valence-electron chi connectivity index (χ3n) is 5.98. The minimum atomic E-state index is 0.286. The van der Waals surface area contributed by atoms with Crippen LogP contribution in [-0.2, 0) is 0 Å². The van der Waals surface area contributed by atoms with Gasteiger partial charge in [-0.3, -0.25) is 4.40 Å². The summed E-state index contributed by atoms with van der Waals surface area (Å²) in [5.41, 5.74) is 11.6. The highest BCUT2D eigenvalue weighted by Gasteiger charge is 2.27. The van der Waals surface area contributed by atoms with Crippen LogP contribution in [0.5, 0.6) is 0 Å². The standard InChI is InChI=1S/C23H28N4O/c1-3-4-18-13-19(8-5-15(18)2)20-21-22(24)25-11-12-27(21)23(26-20)17-9-6-16(14-28)7-10-17/h3-5,8,11-13,16-17,28H,6-7,9-10,14H2,1-2H3,(H2,24,25)/b4-3-. The number of aliphatic hydroxyl groups is 1. The maximum absolute atomic E-state index is 9.45. The summed E-state index contributed by atoms with van der Waals surface area (Å²) in [4.78, 5) is 9.41. The van der Waals surface area contributed by atoms with Crippen LogP contribution >= 0.6 is 0 Å². The van der Waals surface area contributed by atoms with Crippen molar-refractivity contribution in [3.63, 3.8) is 0 Å². The fraction of sp³-hybridized carbons (Fsp3) is 0.391. The average Bonchev–Trinajstić information content (AvgIpc) is 3.11. The van der Waals surface area contributed by atoms with Crippen LogP contribution in [0.1, 0.15) is 55.5 Å². The first kappa shape index (κ1) is 18.7. The largest absolute Gasteiger partial charge is 0.396 e. The zero-order chi connectivity index (χ0) is 19.7. The SMILES string of the molecule is C/C=C\c1cc(-c2nc(C3CCC(CO)CC3)n3ccnc(N)c23)ccc1C. The lowest BCUT2D eigenvalue weighted by Crippen LogP contribution is -2.17. The summed E-state index contributed by atoms with van der Waals surface area (Å²) in [7, 11) is 0. The summed E-state index contributed by atoms with van der Waals surface area (Å²) in [5, 5.41) is 9.45. The van der Waals surface area contributed by atoms with Gasteiger partial charge in [0.15, 0.2) is 0 Å². The van der Waals surface area contributed by atoms with Gasteiger partial charge in [-0.25, -0.2) is 9.97 Å². The van der Waals surface area contributed by atoms with Crippen molar-refractivity contribution in [2.24, 2.45) is 5.92 Å². The molecule has 0 amide bonds. The second kappa shape index (κ2) is 7.76. The number of anilines is 1. The van der Waals surface area contributed by atoms with Crippen molar-refractivity contribution >= 4 is 17.4 Å². The molecular formula is C23H28N4O. The number of aryl methyl sites for hydroxylation is 1. The fourth-order valence-corrected chi connectivity index (χ4v) is 4.33. The molecule has 0 unspecified atom stereocenters. The molecule has 146 valence electrons. The predicted octanol–water partition coefficient (Wildman–Crippen LogP) is 4.59. The van der Waals surface area contributed by atoms with Crippen LogP contribution in [0, 0.1) is 12.8 Å². The molecule has 0 aliphatic heterocycles. The van der Waals surface area contributed by atoms with E-state index in [9.17, 15) is 5.11 Å². The highest BCUT2D eigenvalue weighted by molar-refractivity contribution is 5.86. The summed E-state index contributed by atoms with van der Waals surface area (Å²) in [6, 6.07) is 6.43. The summed E-state index contributed by atoms with van der Waals surface area (Å²) in [5.74, 6) is 2.37. The number of rotatable bonds is 4. The van der Waals surface area contributed by atoms with Gasteiger partial charge in [-0.05, 0) is 62.6 Å². The molecule has 2 heterocycles. The first-order valence-corrected chi connectivity index (χ1v) is 10.1. The quantitative estimate of drug-likeness (QED) is 0.698. The molecule has 0 atom stereocenters. The summed E-state index contributed by atoms with van der Waals surface area (Å²) >= 11 is 0. The molecule has 1 aliphatic carbocycles. The lowest BCUT2D eigenvalue weighted by molar-refractivity contribution is 0.181. The molecule has 2 aromatic heterocycles. The maximum atomic E-state index is 9.45. The zero-order valence-corrected chi connectivity index (χ0v) is 16.6. The monoisotopic (exact) mass is 376 g/mol. The van der Waals surface area contributed by atoms with Gasteiger partial charge in [0.2, 0.25) is 0 Å². The highest BCUT2D eigenvalue weighted by atomic mass is 16.3. The molecule has 5 nitrogen and oxygen atoms in total. The first-order valence-electron chi connectivity index (χ1n) is 10.1. The van der Waals surface area contributed by atoms with E-state index in [0.717, 1.165) is 48.3 Å². The van der Waals surface area contributed by atoms with Gasteiger partial charge in [-0.1, -0.05) is 24.3 Å². The lowest BCUT2D eigenvalue weighted by atomic mass is 9.82.